The van der Waals surface area contributed by atoms with Crippen LogP contribution in [-0.4, -0.2) is 41.8 Å². The maximum absolute atomic E-state index is 13.1. The van der Waals surface area contributed by atoms with Gasteiger partial charge in [0.1, 0.15) is 17.4 Å². The number of hydrogen-bond acceptors (Lipinski definition) is 6. The average molecular weight is 474 g/mol. The number of ether oxygens (including phenoxy) is 3. The Morgan fingerprint density at radius 3 is 2.15 bits per heavy atom. The van der Waals surface area contributed by atoms with Gasteiger partial charge in [0.25, 0.3) is 0 Å². The summed E-state index contributed by atoms with van der Waals surface area (Å²) in [7, 11) is 1.66. The molecule has 0 aromatic heterocycles. The number of benzene rings is 2. The second kappa shape index (κ2) is 12.4. The van der Waals surface area contributed by atoms with Crippen LogP contribution in [0.5, 0.6) is 5.75 Å². The van der Waals surface area contributed by atoms with E-state index in [9.17, 15) is 4.79 Å². The zero-order valence-electron chi connectivity index (χ0n) is 21.0. The van der Waals surface area contributed by atoms with Crippen molar-refractivity contribution >= 4 is 17.7 Å². The van der Waals surface area contributed by atoms with Gasteiger partial charge in [-0.15, -0.1) is 0 Å². The summed E-state index contributed by atoms with van der Waals surface area (Å²) in [6.07, 6.45) is 0. The molecule has 33 heavy (non-hydrogen) atoms. The van der Waals surface area contributed by atoms with Gasteiger partial charge in [0, 0.05) is 16.5 Å². The highest BCUT2D eigenvalue weighted by atomic mass is 32.2. The van der Waals surface area contributed by atoms with Crippen LogP contribution in [-0.2, 0) is 20.9 Å². The van der Waals surface area contributed by atoms with Crippen molar-refractivity contribution in [1.82, 2.24) is 5.32 Å². The molecule has 182 valence electrons. The fraction of sp³-hybridized carbons (Fsp3) is 0.519. The van der Waals surface area contributed by atoms with E-state index in [1.807, 2.05) is 87.1 Å². The molecule has 0 radical (unpaired) electrons. The Hall–Kier alpha value is -2.02. The molecule has 2 aromatic carbocycles. The SMILES string of the molecule is COc1ccc([C@@H](CSC(C)(C)C)N[C@@H](COCc2ccccc2)C(=O)OC(C)(C)C)cc1. The largest absolute Gasteiger partial charge is 0.497 e. The monoisotopic (exact) mass is 473 g/mol. The van der Waals surface area contributed by atoms with Crippen LogP contribution in [0.15, 0.2) is 54.6 Å². The van der Waals surface area contributed by atoms with Crippen LogP contribution in [0.1, 0.15) is 58.7 Å². The number of hydrogen-bond donors (Lipinski definition) is 1. The first kappa shape index (κ1) is 27.2. The Labute approximate surface area is 203 Å². The van der Waals surface area contributed by atoms with Gasteiger partial charge in [-0.25, -0.2) is 0 Å². The molecule has 0 aliphatic rings. The molecule has 0 spiro atoms. The molecule has 1 N–H and O–H groups in total. The summed E-state index contributed by atoms with van der Waals surface area (Å²) in [6, 6.07) is 17.3. The van der Waals surface area contributed by atoms with Crippen LogP contribution >= 0.6 is 11.8 Å². The summed E-state index contributed by atoms with van der Waals surface area (Å²) >= 11 is 1.85. The first-order valence-corrected chi connectivity index (χ1v) is 12.3. The molecule has 0 heterocycles. The number of esters is 1. The highest BCUT2D eigenvalue weighted by Crippen LogP contribution is 2.29. The Bertz CT molecular complexity index is 841. The summed E-state index contributed by atoms with van der Waals surface area (Å²) in [5.41, 5.74) is 1.58. The van der Waals surface area contributed by atoms with Crippen molar-refractivity contribution in [1.29, 1.82) is 0 Å². The second-order valence-corrected chi connectivity index (χ2v) is 11.8. The van der Waals surface area contributed by atoms with Crippen molar-refractivity contribution in [2.75, 3.05) is 19.5 Å². The third-order valence-corrected chi connectivity index (χ3v) is 6.06. The molecule has 0 saturated heterocycles. The van der Waals surface area contributed by atoms with Crippen LogP contribution in [0, 0.1) is 0 Å². The van der Waals surface area contributed by atoms with Crippen molar-refractivity contribution in [2.24, 2.45) is 0 Å². The van der Waals surface area contributed by atoms with E-state index in [1.165, 1.54) is 0 Å². The summed E-state index contributed by atoms with van der Waals surface area (Å²) < 4.78 is 17.1. The smallest absolute Gasteiger partial charge is 0.326 e. The highest BCUT2D eigenvalue weighted by molar-refractivity contribution is 8.00. The predicted molar refractivity (Wildman–Crippen MR) is 137 cm³/mol. The van der Waals surface area contributed by atoms with Gasteiger partial charge in [-0.2, -0.15) is 11.8 Å². The lowest BCUT2D eigenvalue weighted by Gasteiger charge is -2.29. The molecule has 0 aliphatic carbocycles. The Kier molecular flexibility index (Phi) is 10.3. The summed E-state index contributed by atoms with van der Waals surface area (Å²) in [4.78, 5) is 13.1. The summed E-state index contributed by atoms with van der Waals surface area (Å²) in [5.74, 6) is 1.29. The van der Waals surface area contributed by atoms with Crippen molar-refractivity contribution in [3.63, 3.8) is 0 Å². The topological polar surface area (TPSA) is 56.8 Å². The van der Waals surface area contributed by atoms with Gasteiger partial charge < -0.3 is 14.2 Å². The quantitative estimate of drug-likeness (QED) is 0.417. The van der Waals surface area contributed by atoms with E-state index in [-0.39, 0.29) is 23.4 Å². The van der Waals surface area contributed by atoms with E-state index < -0.39 is 11.6 Å². The van der Waals surface area contributed by atoms with Crippen LogP contribution in [0.4, 0.5) is 0 Å². The van der Waals surface area contributed by atoms with Crippen LogP contribution in [0.25, 0.3) is 0 Å². The number of nitrogens with one attached hydrogen (secondary N) is 1. The first-order chi connectivity index (χ1) is 15.5. The standard InChI is InChI=1S/C27H39NO4S/c1-26(2,3)32-25(29)23(18-31-17-20-11-9-8-10-12-20)28-24(19-33-27(4,5)6)21-13-15-22(30-7)16-14-21/h8-16,23-24,28H,17-19H2,1-7H3/t23-,24+/m0/s1. The third kappa shape index (κ3) is 10.6. The molecule has 2 rings (SSSR count). The van der Waals surface area contributed by atoms with Crippen molar-refractivity contribution in [3.05, 3.63) is 65.7 Å². The minimum Gasteiger partial charge on any atom is -0.497 e. The molecular formula is C27H39NO4S. The van der Waals surface area contributed by atoms with E-state index in [4.69, 9.17) is 14.2 Å². The number of carbonyl (C=O) groups excluding carboxylic acids is 1. The lowest BCUT2D eigenvalue weighted by molar-refractivity contribution is -0.159. The zero-order valence-corrected chi connectivity index (χ0v) is 21.8. The minimum atomic E-state index is -0.597. The molecule has 5 nitrogen and oxygen atoms in total. The molecule has 0 unspecified atom stereocenters. The summed E-state index contributed by atoms with van der Waals surface area (Å²) in [5, 5.41) is 3.53. The molecule has 2 aromatic rings. The minimum absolute atomic E-state index is 0.0574. The maximum atomic E-state index is 13.1. The van der Waals surface area contributed by atoms with Crippen LogP contribution in [0.3, 0.4) is 0 Å². The van der Waals surface area contributed by atoms with Gasteiger partial charge in [0.05, 0.1) is 20.3 Å². The van der Waals surface area contributed by atoms with E-state index in [2.05, 4.69) is 26.1 Å². The lowest BCUT2D eigenvalue weighted by Crippen LogP contribution is -2.46. The highest BCUT2D eigenvalue weighted by Gasteiger charge is 2.29. The van der Waals surface area contributed by atoms with E-state index in [1.54, 1.807) is 7.11 Å². The van der Waals surface area contributed by atoms with E-state index >= 15 is 0 Å². The Morgan fingerprint density at radius 1 is 0.970 bits per heavy atom. The molecular weight excluding hydrogens is 434 g/mol. The fourth-order valence-corrected chi connectivity index (χ4v) is 4.03. The van der Waals surface area contributed by atoms with Crippen molar-refractivity contribution < 1.29 is 19.0 Å². The maximum Gasteiger partial charge on any atom is 0.326 e. The van der Waals surface area contributed by atoms with Gasteiger partial charge in [-0.1, -0.05) is 63.2 Å². The molecule has 2 atom stereocenters. The van der Waals surface area contributed by atoms with E-state index in [0.29, 0.717) is 6.61 Å². The van der Waals surface area contributed by atoms with Crippen molar-refractivity contribution in [3.8, 4) is 5.75 Å². The number of rotatable bonds is 11. The zero-order chi connectivity index (χ0) is 24.5. The lowest BCUT2D eigenvalue weighted by atomic mass is 10.1. The van der Waals surface area contributed by atoms with Gasteiger partial charge >= 0.3 is 5.97 Å². The van der Waals surface area contributed by atoms with Gasteiger partial charge in [-0.3, -0.25) is 10.1 Å². The van der Waals surface area contributed by atoms with Gasteiger partial charge in [0.15, 0.2) is 0 Å². The summed E-state index contributed by atoms with van der Waals surface area (Å²) in [6.45, 7) is 12.9. The molecule has 0 aliphatic heterocycles. The Morgan fingerprint density at radius 2 is 1.61 bits per heavy atom. The second-order valence-electron chi connectivity index (χ2n) is 10.0. The van der Waals surface area contributed by atoms with Gasteiger partial charge in [0.2, 0.25) is 0 Å². The number of methoxy groups -OCH3 is 1. The van der Waals surface area contributed by atoms with Gasteiger partial charge in [-0.05, 0) is 44.0 Å². The molecule has 0 amide bonds. The van der Waals surface area contributed by atoms with Crippen molar-refractivity contribution in [2.45, 2.75) is 70.6 Å². The van der Waals surface area contributed by atoms with Crippen LogP contribution in [0.2, 0.25) is 0 Å². The fourth-order valence-electron chi connectivity index (χ4n) is 3.08. The number of carbonyl (C=O) groups is 1. The predicted octanol–water partition coefficient (Wildman–Crippen LogP) is 5.78. The first-order valence-electron chi connectivity index (χ1n) is 11.4. The molecule has 0 saturated carbocycles. The third-order valence-electron chi connectivity index (χ3n) is 4.69. The number of thioether (sulfide) groups is 1. The normalized spacial score (nSPS) is 13.9. The average Bonchev–Trinajstić information content (AvgIpc) is 2.74. The molecule has 0 fully saturated rings. The molecule has 0 bridgehead atoms. The Balaban J connectivity index is 2.19. The van der Waals surface area contributed by atoms with Crippen LogP contribution < -0.4 is 10.1 Å². The van der Waals surface area contributed by atoms with E-state index in [0.717, 1.165) is 22.6 Å². The molecule has 6 heteroatoms.